The summed E-state index contributed by atoms with van der Waals surface area (Å²) < 4.78 is 5.31. The molecule has 0 aromatic carbocycles. The van der Waals surface area contributed by atoms with Gasteiger partial charge in [-0.3, -0.25) is 4.79 Å². The molecule has 1 saturated heterocycles. The van der Waals surface area contributed by atoms with Gasteiger partial charge in [-0.05, 0) is 55.9 Å². The number of allylic oxidation sites excluding steroid dienone is 1. The molecular weight excluding hydrogens is 238 g/mol. The molecule has 0 radical (unpaired) electrons. The molecule has 3 nitrogen and oxygen atoms in total. The molecule has 1 N–H and O–H groups in total. The van der Waals surface area contributed by atoms with Crippen molar-refractivity contribution in [2.75, 3.05) is 19.8 Å². The second-order valence-corrected chi connectivity index (χ2v) is 5.94. The van der Waals surface area contributed by atoms with Crippen LogP contribution in [0.2, 0.25) is 0 Å². The Bertz CT molecular complexity index is 308. The lowest BCUT2D eigenvalue weighted by Gasteiger charge is -2.21. The predicted octanol–water partition coefficient (Wildman–Crippen LogP) is 2.91. The lowest BCUT2D eigenvalue weighted by atomic mass is 10.0. The Morgan fingerprint density at radius 3 is 2.79 bits per heavy atom. The smallest absolute Gasteiger partial charge is 0.243 e. The van der Waals surface area contributed by atoms with Gasteiger partial charge in [0.25, 0.3) is 0 Å². The highest BCUT2D eigenvalue weighted by Gasteiger charge is 2.33. The average molecular weight is 265 g/mol. The number of hydrogen-bond donors (Lipinski definition) is 1. The molecule has 0 aromatic heterocycles. The van der Waals surface area contributed by atoms with Crippen molar-refractivity contribution in [3.63, 3.8) is 0 Å². The van der Waals surface area contributed by atoms with E-state index in [1.54, 1.807) is 6.08 Å². The number of rotatable bonds is 7. The summed E-state index contributed by atoms with van der Waals surface area (Å²) in [5.74, 6) is 2.56. The molecule has 0 aromatic rings. The van der Waals surface area contributed by atoms with Crippen molar-refractivity contribution in [2.24, 2.45) is 17.8 Å². The van der Waals surface area contributed by atoms with Gasteiger partial charge >= 0.3 is 0 Å². The van der Waals surface area contributed by atoms with E-state index in [0.29, 0.717) is 5.92 Å². The number of carbonyl (C=O) groups is 1. The number of carbonyl (C=O) groups excluding carboxylic acids is 1. The van der Waals surface area contributed by atoms with E-state index in [0.717, 1.165) is 50.9 Å². The Morgan fingerprint density at radius 1 is 1.32 bits per heavy atom. The standard InChI is InChI=1S/C16H27NO2/c1-2-14-11-15(14)5-3-4-6-16(18)17-12-13-7-9-19-10-8-13/h4,6,13-15H,2-3,5,7-12H2,1H3,(H,17,18)/b6-4+/t14-,15-/m1/s1. The highest BCUT2D eigenvalue weighted by Crippen LogP contribution is 2.44. The molecule has 2 fully saturated rings. The molecule has 3 heteroatoms. The molecule has 0 spiro atoms. The second kappa shape index (κ2) is 7.68. The van der Waals surface area contributed by atoms with Gasteiger partial charge in [-0.2, -0.15) is 0 Å². The Kier molecular flexibility index (Phi) is 5.90. The summed E-state index contributed by atoms with van der Waals surface area (Å²) in [6, 6.07) is 0. The Labute approximate surface area is 116 Å². The summed E-state index contributed by atoms with van der Waals surface area (Å²) in [5, 5.41) is 2.99. The quantitative estimate of drug-likeness (QED) is 0.719. The van der Waals surface area contributed by atoms with Crippen LogP contribution < -0.4 is 5.32 Å². The first-order valence-electron chi connectivity index (χ1n) is 7.81. The van der Waals surface area contributed by atoms with Crippen molar-refractivity contribution in [3.8, 4) is 0 Å². The van der Waals surface area contributed by atoms with Gasteiger partial charge in [-0.25, -0.2) is 0 Å². The summed E-state index contributed by atoms with van der Waals surface area (Å²) in [5.41, 5.74) is 0. The SMILES string of the molecule is CC[C@@H]1C[C@H]1CC/C=C/C(=O)NCC1CCOCC1. The van der Waals surface area contributed by atoms with Crippen LogP contribution in [-0.2, 0) is 9.53 Å². The predicted molar refractivity (Wildman–Crippen MR) is 76.8 cm³/mol. The van der Waals surface area contributed by atoms with Crippen LogP contribution in [0.1, 0.15) is 45.4 Å². The van der Waals surface area contributed by atoms with Gasteiger partial charge in [0.15, 0.2) is 0 Å². The van der Waals surface area contributed by atoms with Gasteiger partial charge in [-0.1, -0.05) is 19.4 Å². The van der Waals surface area contributed by atoms with Crippen LogP contribution in [-0.4, -0.2) is 25.7 Å². The maximum Gasteiger partial charge on any atom is 0.243 e. The zero-order valence-electron chi connectivity index (χ0n) is 12.1. The Morgan fingerprint density at radius 2 is 2.11 bits per heavy atom. The van der Waals surface area contributed by atoms with Crippen LogP contribution in [0.15, 0.2) is 12.2 Å². The first kappa shape index (κ1) is 14.6. The lowest BCUT2D eigenvalue weighted by molar-refractivity contribution is -0.116. The van der Waals surface area contributed by atoms with Gasteiger partial charge in [0, 0.05) is 19.8 Å². The van der Waals surface area contributed by atoms with Crippen LogP contribution in [0.4, 0.5) is 0 Å². The van der Waals surface area contributed by atoms with Crippen LogP contribution >= 0.6 is 0 Å². The topological polar surface area (TPSA) is 38.3 Å². The van der Waals surface area contributed by atoms with E-state index in [2.05, 4.69) is 12.2 Å². The van der Waals surface area contributed by atoms with Crippen LogP contribution in [0.25, 0.3) is 0 Å². The molecule has 1 saturated carbocycles. The minimum atomic E-state index is 0.0642. The monoisotopic (exact) mass is 265 g/mol. The van der Waals surface area contributed by atoms with Crippen molar-refractivity contribution in [1.82, 2.24) is 5.32 Å². The number of nitrogens with one attached hydrogen (secondary N) is 1. The third-order valence-electron chi connectivity index (χ3n) is 4.47. The van der Waals surface area contributed by atoms with Crippen molar-refractivity contribution in [3.05, 3.63) is 12.2 Å². The van der Waals surface area contributed by atoms with Gasteiger partial charge in [-0.15, -0.1) is 0 Å². The van der Waals surface area contributed by atoms with Crippen molar-refractivity contribution in [1.29, 1.82) is 0 Å². The summed E-state index contributed by atoms with van der Waals surface area (Å²) in [6.45, 7) is 4.75. The van der Waals surface area contributed by atoms with Gasteiger partial charge in [0.1, 0.15) is 0 Å². The van der Waals surface area contributed by atoms with E-state index < -0.39 is 0 Å². The zero-order chi connectivity index (χ0) is 13.5. The molecule has 0 unspecified atom stereocenters. The van der Waals surface area contributed by atoms with Crippen LogP contribution in [0, 0.1) is 17.8 Å². The van der Waals surface area contributed by atoms with E-state index in [9.17, 15) is 4.79 Å². The molecule has 108 valence electrons. The Balaban J connectivity index is 1.51. The van der Waals surface area contributed by atoms with E-state index in [-0.39, 0.29) is 5.91 Å². The summed E-state index contributed by atoms with van der Waals surface area (Å²) in [7, 11) is 0. The summed E-state index contributed by atoms with van der Waals surface area (Å²) in [4.78, 5) is 11.6. The molecule has 2 atom stereocenters. The largest absolute Gasteiger partial charge is 0.381 e. The van der Waals surface area contributed by atoms with E-state index in [1.807, 2.05) is 6.08 Å². The lowest BCUT2D eigenvalue weighted by Crippen LogP contribution is -2.31. The van der Waals surface area contributed by atoms with Gasteiger partial charge < -0.3 is 10.1 Å². The molecule has 1 heterocycles. The third kappa shape index (κ3) is 5.35. The van der Waals surface area contributed by atoms with E-state index >= 15 is 0 Å². The molecular formula is C16H27NO2. The third-order valence-corrected chi connectivity index (χ3v) is 4.47. The normalized spacial score (nSPS) is 27.6. The van der Waals surface area contributed by atoms with Gasteiger partial charge in [0.05, 0.1) is 0 Å². The van der Waals surface area contributed by atoms with E-state index in [4.69, 9.17) is 4.74 Å². The second-order valence-electron chi connectivity index (χ2n) is 5.94. The number of amides is 1. The van der Waals surface area contributed by atoms with Crippen LogP contribution in [0.5, 0.6) is 0 Å². The Hall–Kier alpha value is -0.830. The number of hydrogen-bond acceptors (Lipinski definition) is 2. The molecule has 1 aliphatic carbocycles. The van der Waals surface area contributed by atoms with E-state index in [1.165, 1.54) is 19.3 Å². The fourth-order valence-electron chi connectivity index (χ4n) is 2.92. The fourth-order valence-corrected chi connectivity index (χ4v) is 2.92. The molecule has 19 heavy (non-hydrogen) atoms. The maximum absolute atomic E-state index is 11.6. The van der Waals surface area contributed by atoms with Crippen molar-refractivity contribution >= 4 is 5.91 Å². The molecule has 1 aliphatic heterocycles. The minimum Gasteiger partial charge on any atom is -0.381 e. The fraction of sp³-hybridized carbons (Fsp3) is 0.812. The molecule has 2 rings (SSSR count). The number of ether oxygens (including phenoxy) is 1. The summed E-state index contributed by atoms with van der Waals surface area (Å²) in [6.07, 6.45) is 10.9. The van der Waals surface area contributed by atoms with Crippen molar-refractivity contribution in [2.45, 2.75) is 45.4 Å². The highest BCUT2D eigenvalue weighted by atomic mass is 16.5. The average Bonchev–Trinajstić information content (AvgIpc) is 3.21. The first-order chi connectivity index (χ1) is 9.29. The van der Waals surface area contributed by atoms with Crippen LogP contribution in [0.3, 0.4) is 0 Å². The minimum absolute atomic E-state index is 0.0642. The first-order valence-corrected chi connectivity index (χ1v) is 7.81. The molecule has 1 amide bonds. The zero-order valence-corrected chi connectivity index (χ0v) is 12.1. The molecule has 0 bridgehead atoms. The highest BCUT2D eigenvalue weighted by molar-refractivity contribution is 5.87. The van der Waals surface area contributed by atoms with Crippen molar-refractivity contribution < 1.29 is 9.53 Å². The molecule has 2 aliphatic rings. The summed E-state index contributed by atoms with van der Waals surface area (Å²) >= 11 is 0. The maximum atomic E-state index is 11.6. The van der Waals surface area contributed by atoms with Gasteiger partial charge in [0.2, 0.25) is 5.91 Å².